The van der Waals surface area contributed by atoms with Crippen LogP contribution in [0.15, 0.2) is 64.9 Å². The monoisotopic (exact) mass is 370 g/mol. The molecule has 1 N–H and O–H groups in total. The van der Waals surface area contributed by atoms with E-state index in [9.17, 15) is 4.79 Å². The molecule has 1 unspecified atom stereocenters. The molecule has 128 valence electrons. The van der Waals surface area contributed by atoms with Crippen LogP contribution in [0, 0.1) is 0 Å². The smallest absolute Gasteiger partial charge is 0.239 e. The number of carbonyl (C=O) groups is 1. The van der Waals surface area contributed by atoms with Crippen molar-refractivity contribution in [1.29, 1.82) is 0 Å². The zero-order valence-corrected chi connectivity index (χ0v) is 15.6. The Bertz CT molecular complexity index is 849. The van der Waals surface area contributed by atoms with E-state index in [-0.39, 0.29) is 11.2 Å². The number of amides is 1. The number of thioether (sulfide) groups is 1. The second-order valence-electron chi connectivity index (χ2n) is 5.33. The molecule has 0 saturated carbocycles. The van der Waals surface area contributed by atoms with Gasteiger partial charge in [-0.1, -0.05) is 30.3 Å². The number of hydrogen-bond donors (Lipinski definition) is 1. The number of aromatic nitrogens is 1. The lowest BCUT2D eigenvalue weighted by Crippen LogP contribution is -2.22. The van der Waals surface area contributed by atoms with E-state index >= 15 is 0 Å². The topological polar surface area (TPSA) is 51.2 Å². The van der Waals surface area contributed by atoms with Crippen LogP contribution in [0.1, 0.15) is 6.92 Å². The van der Waals surface area contributed by atoms with Gasteiger partial charge < -0.3 is 10.1 Å². The third-order valence-corrected chi connectivity index (χ3v) is 5.39. The predicted molar refractivity (Wildman–Crippen MR) is 104 cm³/mol. The zero-order valence-electron chi connectivity index (χ0n) is 13.9. The number of anilines is 1. The van der Waals surface area contributed by atoms with Crippen LogP contribution < -0.4 is 10.1 Å². The highest BCUT2D eigenvalue weighted by atomic mass is 32.2. The Morgan fingerprint density at radius 1 is 1.20 bits per heavy atom. The van der Waals surface area contributed by atoms with Gasteiger partial charge in [-0.05, 0) is 31.2 Å². The summed E-state index contributed by atoms with van der Waals surface area (Å²) in [5, 5.41) is 5.23. The number of benzene rings is 2. The Hall–Kier alpha value is -2.31. The Morgan fingerprint density at radius 2 is 2.00 bits per heavy atom. The van der Waals surface area contributed by atoms with E-state index in [1.54, 1.807) is 7.11 Å². The average Bonchev–Trinajstić information content (AvgIpc) is 3.11. The van der Waals surface area contributed by atoms with E-state index in [1.165, 1.54) is 23.1 Å². The van der Waals surface area contributed by atoms with E-state index in [1.807, 2.05) is 66.9 Å². The number of hydrogen-bond acceptors (Lipinski definition) is 5. The first-order valence-electron chi connectivity index (χ1n) is 7.78. The van der Waals surface area contributed by atoms with Gasteiger partial charge in [-0.25, -0.2) is 4.98 Å². The fraction of sp³-hybridized carbons (Fsp3) is 0.158. The minimum atomic E-state index is -0.202. The molecule has 1 aromatic heterocycles. The normalized spacial score (nSPS) is 11.8. The molecular weight excluding hydrogens is 352 g/mol. The van der Waals surface area contributed by atoms with Gasteiger partial charge in [-0.2, -0.15) is 0 Å². The van der Waals surface area contributed by atoms with E-state index in [0.29, 0.717) is 5.13 Å². The number of rotatable bonds is 6. The summed E-state index contributed by atoms with van der Waals surface area (Å²) in [6.45, 7) is 1.89. The van der Waals surface area contributed by atoms with Gasteiger partial charge in [0.15, 0.2) is 5.13 Å². The lowest BCUT2D eigenvalue weighted by atomic mass is 10.2. The Morgan fingerprint density at radius 3 is 2.76 bits per heavy atom. The third-order valence-electron chi connectivity index (χ3n) is 3.53. The zero-order chi connectivity index (χ0) is 17.6. The van der Waals surface area contributed by atoms with Gasteiger partial charge in [0.05, 0.1) is 18.1 Å². The van der Waals surface area contributed by atoms with Gasteiger partial charge in [0, 0.05) is 15.8 Å². The Balaban J connectivity index is 1.65. The maximum atomic E-state index is 12.4. The van der Waals surface area contributed by atoms with Crippen molar-refractivity contribution in [1.82, 2.24) is 4.98 Å². The van der Waals surface area contributed by atoms with Gasteiger partial charge in [0.1, 0.15) is 5.75 Å². The van der Waals surface area contributed by atoms with Crippen molar-refractivity contribution >= 4 is 34.1 Å². The Kier molecular flexibility index (Phi) is 5.73. The van der Waals surface area contributed by atoms with Crippen molar-refractivity contribution in [2.45, 2.75) is 17.1 Å². The SMILES string of the molecule is COc1cccc(-c2csc(NC(=O)C(C)Sc3ccccc3)n2)c1. The van der Waals surface area contributed by atoms with Gasteiger partial charge in [-0.3, -0.25) is 4.79 Å². The molecule has 25 heavy (non-hydrogen) atoms. The second-order valence-corrected chi connectivity index (χ2v) is 7.60. The molecule has 1 atom stereocenters. The standard InChI is InChI=1S/C19H18N2O2S2/c1-13(25-16-9-4-3-5-10-16)18(22)21-19-20-17(12-24-19)14-7-6-8-15(11-14)23-2/h3-13H,1-2H3,(H,20,21,22). The van der Waals surface area contributed by atoms with Crippen LogP contribution in [0.2, 0.25) is 0 Å². The van der Waals surface area contributed by atoms with Crippen LogP contribution in [0.25, 0.3) is 11.3 Å². The molecule has 0 bridgehead atoms. The fourth-order valence-electron chi connectivity index (χ4n) is 2.21. The average molecular weight is 370 g/mol. The minimum Gasteiger partial charge on any atom is -0.497 e. The molecule has 3 aromatic rings. The summed E-state index contributed by atoms with van der Waals surface area (Å²) in [7, 11) is 1.64. The summed E-state index contributed by atoms with van der Waals surface area (Å²) < 4.78 is 5.24. The molecule has 0 aliphatic carbocycles. The summed E-state index contributed by atoms with van der Waals surface area (Å²) in [6.07, 6.45) is 0. The maximum Gasteiger partial charge on any atom is 0.239 e. The van der Waals surface area contributed by atoms with Crippen LogP contribution >= 0.6 is 23.1 Å². The highest BCUT2D eigenvalue weighted by Crippen LogP contribution is 2.28. The first kappa shape index (κ1) is 17.5. The minimum absolute atomic E-state index is 0.0552. The summed E-state index contributed by atoms with van der Waals surface area (Å²) in [5.74, 6) is 0.726. The van der Waals surface area contributed by atoms with E-state index < -0.39 is 0 Å². The Labute approximate surface area is 155 Å². The van der Waals surface area contributed by atoms with Crippen molar-refractivity contribution in [3.05, 3.63) is 60.0 Å². The number of ether oxygens (including phenoxy) is 1. The van der Waals surface area contributed by atoms with Gasteiger partial charge >= 0.3 is 0 Å². The number of thiazole rings is 1. The largest absolute Gasteiger partial charge is 0.497 e. The maximum absolute atomic E-state index is 12.4. The number of nitrogens with zero attached hydrogens (tertiary/aromatic N) is 1. The summed E-state index contributed by atoms with van der Waals surface area (Å²) in [4.78, 5) is 18.0. The number of carbonyl (C=O) groups excluding carboxylic acids is 1. The van der Waals surface area contributed by atoms with Crippen LogP contribution in [-0.2, 0) is 4.79 Å². The van der Waals surface area contributed by atoms with Crippen LogP contribution in [0.3, 0.4) is 0 Å². The molecular formula is C19H18N2O2S2. The van der Waals surface area contributed by atoms with E-state index in [4.69, 9.17) is 4.74 Å². The fourth-order valence-corrected chi connectivity index (χ4v) is 3.82. The van der Waals surface area contributed by atoms with Gasteiger partial charge in [0.2, 0.25) is 5.91 Å². The highest BCUT2D eigenvalue weighted by molar-refractivity contribution is 8.00. The van der Waals surface area contributed by atoms with Gasteiger partial charge in [-0.15, -0.1) is 23.1 Å². The number of methoxy groups -OCH3 is 1. The third kappa shape index (κ3) is 4.61. The summed E-state index contributed by atoms with van der Waals surface area (Å²) in [5.41, 5.74) is 1.78. The van der Waals surface area contributed by atoms with Crippen LogP contribution in [0.4, 0.5) is 5.13 Å². The van der Waals surface area contributed by atoms with E-state index in [0.717, 1.165) is 21.9 Å². The van der Waals surface area contributed by atoms with Crippen molar-refractivity contribution in [3.8, 4) is 17.0 Å². The molecule has 2 aromatic carbocycles. The van der Waals surface area contributed by atoms with Crippen molar-refractivity contribution in [2.24, 2.45) is 0 Å². The molecule has 0 spiro atoms. The molecule has 1 amide bonds. The van der Waals surface area contributed by atoms with Crippen LogP contribution in [0.5, 0.6) is 5.75 Å². The predicted octanol–water partition coefficient (Wildman–Crippen LogP) is 4.94. The first-order chi connectivity index (χ1) is 12.2. The van der Waals surface area contributed by atoms with Crippen molar-refractivity contribution in [3.63, 3.8) is 0 Å². The lowest BCUT2D eigenvalue weighted by Gasteiger charge is -2.10. The molecule has 4 nitrogen and oxygen atoms in total. The molecule has 0 saturated heterocycles. The molecule has 0 radical (unpaired) electrons. The second kappa shape index (κ2) is 8.18. The summed E-state index contributed by atoms with van der Waals surface area (Å²) >= 11 is 2.94. The quantitative estimate of drug-likeness (QED) is 0.625. The van der Waals surface area contributed by atoms with Crippen molar-refractivity contribution in [2.75, 3.05) is 12.4 Å². The molecule has 3 rings (SSSR count). The number of nitrogens with one attached hydrogen (secondary N) is 1. The molecule has 6 heteroatoms. The van der Waals surface area contributed by atoms with Gasteiger partial charge in [0.25, 0.3) is 0 Å². The van der Waals surface area contributed by atoms with Crippen LogP contribution in [-0.4, -0.2) is 23.3 Å². The van der Waals surface area contributed by atoms with Crippen molar-refractivity contribution < 1.29 is 9.53 Å². The molecule has 0 fully saturated rings. The molecule has 1 heterocycles. The van der Waals surface area contributed by atoms with E-state index in [2.05, 4.69) is 10.3 Å². The molecule has 0 aliphatic rings. The lowest BCUT2D eigenvalue weighted by molar-refractivity contribution is -0.115. The highest BCUT2D eigenvalue weighted by Gasteiger charge is 2.16. The summed E-state index contributed by atoms with van der Waals surface area (Å²) in [6, 6.07) is 17.6. The first-order valence-corrected chi connectivity index (χ1v) is 9.54. The molecule has 0 aliphatic heterocycles.